The van der Waals surface area contributed by atoms with Crippen LogP contribution in [0.4, 0.5) is 13.2 Å². The van der Waals surface area contributed by atoms with Crippen molar-refractivity contribution in [2.24, 2.45) is 23.7 Å². The van der Waals surface area contributed by atoms with Gasteiger partial charge in [0.1, 0.15) is 23.9 Å². The molecule has 8 unspecified atom stereocenters. The van der Waals surface area contributed by atoms with Gasteiger partial charge in [0, 0.05) is 38.0 Å². The van der Waals surface area contributed by atoms with Crippen molar-refractivity contribution in [3.05, 3.63) is 35.4 Å². The zero-order valence-corrected chi connectivity index (χ0v) is 37.2. The quantitative estimate of drug-likeness (QED) is 0.215. The number of aliphatic hydroxyl groups excluding tert-OH is 3. The Morgan fingerprint density at radius 3 is 2.20 bits per heavy atom. The third-order valence-electron chi connectivity index (χ3n) is 14.0. The number of rotatable bonds is 11. The molecule has 0 aromatic heterocycles. The number of ether oxygens (including phenoxy) is 7. The van der Waals surface area contributed by atoms with Crippen LogP contribution in [0, 0.1) is 23.7 Å². The number of benzene rings is 1. The van der Waals surface area contributed by atoms with Crippen molar-refractivity contribution in [2.45, 2.75) is 198 Å². The SMILES string of the molecule is CC[C@@H](O)[C@@](C)(O)[C@@H]1OC(=O)[C@H](C)[C@@H](O[C@H]2CC(C)(OC)[C@@H](O)C(C)O2)[C@H](C)[C@@H](O[C@@H]2OC(C)CC(N(C)Cc3ccc(C(F)(F)F)cc3)C2O)C2(C)CC(C)C(O2)[C@@H]1C. The fourth-order valence-electron chi connectivity index (χ4n) is 10.3. The molecule has 4 heterocycles. The first kappa shape index (κ1) is 49.1. The second kappa shape index (κ2) is 18.6. The van der Waals surface area contributed by atoms with Crippen molar-refractivity contribution in [3.63, 3.8) is 0 Å². The van der Waals surface area contributed by atoms with E-state index in [-0.39, 0.29) is 25.3 Å². The van der Waals surface area contributed by atoms with Crippen LogP contribution in [0.5, 0.6) is 0 Å². The molecule has 344 valence electrons. The predicted octanol–water partition coefficient (Wildman–Crippen LogP) is 5.21. The minimum Gasteiger partial charge on any atom is -0.459 e. The summed E-state index contributed by atoms with van der Waals surface area (Å²) >= 11 is 0. The smallest absolute Gasteiger partial charge is 0.416 e. The number of halogens is 3. The van der Waals surface area contributed by atoms with Crippen molar-refractivity contribution in [1.29, 1.82) is 0 Å². The highest BCUT2D eigenvalue weighted by Gasteiger charge is 2.59. The predicted molar refractivity (Wildman–Crippen MR) is 213 cm³/mol. The summed E-state index contributed by atoms with van der Waals surface area (Å²) in [6.07, 6.45) is -13.6. The minimum absolute atomic E-state index is 0.115. The topological polar surface area (TPSA) is 166 Å². The fourth-order valence-corrected chi connectivity index (χ4v) is 10.3. The van der Waals surface area contributed by atoms with Crippen LogP contribution < -0.4 is 0 Å². The van der Waals surface area contributed by atoms with Crippen molar-refractivity contribution in [2.75, 3.05) is 14.2 Å². The fraction of sp³-hybridized carbons (Fsp3) is 0.841. The Kier molecular flexibility index (Phi) is 15.2. The van der Waals surface area contributed by atoms with Gasteiger partial charge >= 0.3 is 12.1 Å². The second-order valence-electron chi connectivity index (χ2n) is 18.9. The third kappa shape index (κ3) is 10.0. The van der Waals surface area contributed by atoms with Crippen molar-refractivity contribution in [1.82, 2.24) is 4.90 Å². The number of carbonyl (C=O) groups excluding carboxylic acids is 1. The Morgan fingerprint density at radius 1 is 0.983 bits per heavy atom. The largest absolute Gasteiger partial charge is 0.459 e. The Bertz CT molecular complexity index is 1590. The van der Waals surface area contributed by atoms with Crippen molar-refractivity contribution >= 4 is 5.97 Å². The number of fused-ring (bicyclic) bond motifs is 2. The van der Waals surface area contributed by atoms with Crippen molar-refractivity contribution in [3.8, 4) is 0 Å². The molecule has 60 heavy (non-hydrogen) atoms. The lowest BCUT2D eigenvalue weighted by Gasteiger charge is -2.48. The van der Waals surface area contributed by atoms with Gasteiger partial charge in [0.15, 0.2) is 12.6 Å². The van der Waals surface area contributed by atoms with Crippen LogP contribution in [0.15, 0.2) is 24.3 Å². The van der Waals surface area contributed by atoms with Gasteiger partial charge in [0.05, 0.1) is 59.3 Å². The molecule has 0 amide bonds. The second-order valence-corrected chi connectivity index (χ2v) is 18.9. The molecule has 4 fully saturated rings. The van der Waals surface area contributed by atoms with Gasteiger partial charge in [0.25, 0.3) is 0 Å². The lowest BCUT2D eigenvalue weighted by Crippen LogP contribution is -2.60. The summed E-state index contributed by atoms with van der Waals surface area (Å²) in [5, 5.41) is 46.0. The van der Waals surface area contributed by atoms with E-state index in [0.717, 1.165) is 12.1 Å². The Labute approximate surface area is 353 Å². The number of likely N-dealkylation sites (N-methyl/N-ethyl adjacent to an activating group) is 1. The number of cyclic esters (lactones) is 1. The number of alkyl halides is 3. The average Bonchev–Trinajstić information content (AvgIpc) is 3.50. The molecule has 0 spiro atoms. The molecule has 13 nitrogen and oxygen atoms in total. The normalized spacial score (nSPS) is 43.5. The van der Waals surface area contributed by atoms with Crippen molar-refractivity contribution < 1.29 is 71.5 Å². The molecule has 1 aromatic carbocycles. The molecule has 19 atom stereocenters. The maximum atomic E-state index is 14.4. The first-order valence-electron chi connectivity index (χ1n) is 21.5. The van der Waals surface area contributed by atoms with Crippen LogP contribution in [-0.2, 0) is 50.7 Å². The average molecular weight is 862 g/mol. The van der Waals surface area contributed by atoms with E-state index < -0.39 is 126 Å². The van der Waals surface area contributed by atoms with E-state index >= 15 is 0 Å². The summed E-state index contributed by atoms with van der Waals surface area (Å²) in [7, 11) is 3.29. The zero-order valence-electron chi connectivity index (χ0n) is 37.2. The maximum absolute atomic E-state index is 14.4. The number of nitrogens with zero attached hydrogens (tertiary/aromatic N) is 1. The standard InChI is InChI=1S/C44H70F3NO12/c1-13-31(49)43(10,53)38-24(4)34-22(2)19-42(9,60-34)37(25(5)35(26(6)39(52)58-38)57-32-20-41(8,54-12)36(51)27(7)56-32)59-40-33(50)30(18-23(3)55-40)48(11)21-28-14-16-29(17-15-28)44(45,46)47/h14-17,22-27,30-38,40,49-51,53H,13,18-21H2,1-12H3/t22?,23?,24-,25-,26+,27?,30?,31+,32-,33?,34?,35-,36-,37+,38+,40-,41?,42?,43+/m0/s1. The molecular weight excluding hydrogens is 791 g/mol. The third-order valence-corrected chi connectivity index (χ3v) is 14.0. The molecule has 0 aliphatic carbocycles. The molecule has 0 radical (unpaired) electrons. The van der Waals surface area contributed by atoms with Gasteiger partial charge < -0.3 is 53.6 Å². The van der Waals surface area contributed by atoms with Crippen LogP contribution in [0.25, 0.3) is 0 Å². The first-order valence-corrected chi connectivity index (χ1v) is 21.5. The molecule has 5 rings (SSSR count). The summed E-state index contributed by atoms with van der Waals surface area (Å²) in [6, 6.07) is 4.41. The number of methoxy groups -OCH3 is 1. The summed E-state index contributed by atoms with van der Waals surface area (Å²) in [6.45, 7) is 18.0. The van der Waals surface area contributed by atoms with Crippen LogP contribution >= 0.6 is 0 Å². The summed E-state index contributed by atoms with van der Waals surface area (Å²) < 4.78 is 85.2. The Balaban J connectivity index is 1.53. The van der Waals surface area contributed by atoms with Gasteiger partial charge in [-0.15, -0.1) is 0 Å². The molecule has 1 aromatic rings. The molecule has 4 saturated heterocycles. The highest BCUT2D eigenvalue weighted by atomic mass is 19.4. The van der Waals surface area contributed by atoms with Crippen LogP contribution in [0.1, 0.15) is 106 Å². The van der Waals surface area contributed by atoms with E-state index in [0.29, 0.717) is 18.4 Å². The van der Waals surface area contributed by atoms with E-state index in [1.807, 2.05) is 39.5 Å². The van der Waals surface area contributed by atoms with Gasteiger partial charge in [-0.2, -0.15) is 13.2 Å². The van der Waals surface area contributed by atoms with E-state index in [1.165, 1.54) is 26.2 Å². The highest BCUT2D eigenvalue weighted by Crippen LogP contribution is 2.48. The van der Waals surface area contributed by atoms with Gasteiger partial charge in [-0.25, -0.2) is 0 Å². The van der Waals surface area contributed by atoms with Gasteiger partial charge in [-0.05, 0) is 91.5 Å². The van der Waals surface area contributed by atoms with Crippen LogP contribution in [0.3, 0.4) is 0 Å². The number of carbonyl (C=O) groups is 1. The van der Waals surface area contributed by atoms with Crippen LogP contribution in [-0.4, -0.2) is 136 Å². The van der Waals surface area contributed by atoms with Crippen LogP contribution in [0.2, 0.25) is 0 Å². The minimum atomic E-state index is -4.46. The number of hydrogen-bond donors (Lipinski definition) is 4. The molecule has 0 saturated carbocycles. The van der Waals surface area contributed by atoms with Gasteiger partial charge in [-0.1, -0.05) is 39.8 Å². The summed E-state index contributed by atoms with van der Waals surface area (Å²) in [5.41, 5.74) is -4.10. The zero-order chi connectivity index (χ0) is 44.9. The summed E-state index contributed by atoms with van der Waals surface area (Å²) in [5.74, 6) is -3.14. The molecule has 4 aliphatic rings. The molecular formula is C44H70F3NO12. The Morgan fingerprint density at radius 2 is 1.62 bits per heavy atom. The van der Waals surface area contributed by atoms with Gasteiger partial charge in [0.2, 0.25) is 0 Å². The monoisotopic (exact) mass is 861 g/mol. The lowest BCUT2D eigenvalue weighted by atomic mass is 9.76. The number of aliphatic hydroxyl groups is 4. The molecule has 16 heteroatoms. The maximum Gasteiger partial charge on any atom is 0.416 e. The molecule has 2 bridgehead atoms. The highest BCUT2D eigenvalue weighted by molar-refractivity contribution is 5.73. The summed E-state index contributed by atoms with van der Waals surface area (Å²) in [4.78, 5) is 16.3. The lowest BCUT2D eigenvalue weighted by molar-refractivity contribution is -0.318. The van der Waals surface area contributed by atoms with E-state index in [2.05, 4.69) is 0 Å². The first-order chi connectivity index (χ1) is 27.8. The van der Waals surface area contributed by atoms with E-state index in [9.17, 15) is 38.4 Å². The number of esters is 1. The van der Waals surface area contributed by atoms with E-state index in [1.54, 1.807) is 34.7 Å². The Hall–Kier alpha value is -1.96. The van der Waals surface area contributed by atoms with Gasteiger partial charge in [-0.3, -0.25) is 9.69 Å². The molecule has 4 N–H and O–H groups in total. The van der Waals surface area contributed by atoms with E-state index in [4.69, 9.17) is 33.2 Å². The molecule has 4 aliphatic heterocycles. The number of hydrogen-bond acceptors (Lipinski definition) is 13.